The van der Waals surface area contributed by atoms with Crippen LogP contribution in [-0.4, -0.2) is 42.0 Å². The van der Waals surface area contributed by atoms with E-state index in [0.29, 0.717) is 23.6 Å². The average molecular weight is 319 g/mol. The molecule has 124 valence electrons. The van der Waals surface area contributed by atoms with Gasteiger partial charge in [-0.05, 0) is 37.5 Å². The Bertz CT molecular complexity index is 595. The molecule has 1 N–H and O–H groups in total. The maximum Gasteiger partial charge on any atom is 0.241 e. The first-order valence-electron chi connectivity index (χ1n) is 7.70. The number of benzene rings is 1. The van der Waals surface area contributed by atoms with Gasteiger partial charge in [0.2, 0.25) is 12.1 Å². The van der Waals surface area contributed by atoms with Gasteiger partial charge in [0.15, 0.2) is 0 Å². The fraction of sp³-hybridized carbons (Fsp3) is 0.438. The van der Waals surface area contributed by atoms with Gasteiger partial charge in [-0.15, -0.1) is 0 Å². The van der Waals surface area contributed by atoms with Crippen molar-refractivity contribution in [3.8, 4) is 5.75 Å². The molecule has 2 rings (SSSR count). The van der Waals surface area contributed by atoms with Gasteiger partial charge >= 0.3 is 0 Å². The number of ether oxygens (including phenoxy) is 1. The summed E-state index contributed by atoms with van der Waals surface area (Å²) in [6.45, 7) is 4.19. The third kappa shape index (κ3) is 4.98. The smallest absolute Gasteiger partial charge is 0.241 e. The van der Waals surface area contributed by atoms with E-state index in [1.54, 1.807) is 18.2 Å². The van der Waals surface area contributed by atoms with Gasteiger partial charge in [0.1, 0.15) is 5.75 Å². The second kappa shape index (κ2) is 8.17. The van der Waals surface area contributed by atoms with Crippen molar-refractivity contribution in [2.45, 2.75) is 19.8 Å². The van der Waals surface area contributed by atoms with Crippen LogP contribution in [0, 0.1) is 10.1 Å². The first kappa shape index (κ1) is 16.8. The van der Waals surface area contributed by atoms with Crippen LogP contribution in [0.5, 0.6) is 5.75 Å². The molecule has 7 heteroatoms. The van der Waals surface area contributed by atoms with Crippen LogP contribution in [0.25, 0.3) is 6.08 Å². The minimum Gasteiger partial charge on any atom is -0.492 e. The van der Waals surface area contributed by atoms with Gasteiger partial charge in [-0.1, -0.05) is 6.07 Å². The van der Waals surface area contributed by atoms with Gasteiger partial charge in [-0.3, -0.25) is 14.9 Å². The second-order valence-corrected chi connectivity index (χ2v) is 5.23. The molecule has 1 fully saturated rings. The Kier molecular flexibility index (Phi) is 5.96. The Labute approximate surface area is 135 Å². The molecule has 0 saturated carbocycles. The van der Waals surface area contributed by atoms with E-state index < -0.39 is 4.92 Å². The number of carbonyl (C=O) groups excluding carboxylic acids is 1. The number of carbonyl (C=O) groups is 1. The van der Waals surface area contributed by atoms with E-state index in [1.165, 1.54) is 6.08 Å². The van der Waals surface area contributed by atoms with Crippen LogP contribution in [0.2, 0.25) is 0 Å². The quantitative estimate of drug-likeness (QED) is 0.616. The number of amides is 1. The average Bonchev–Trinajstić information content (AvgIpc) is 3.06. The monoisotopic (exact) mass is 319 g/mol. The Hall–Kier alpha value is -2.57. The van der Waals surface area contributed by atoms with Gasteiger partial charge in [0, 0.05) is 19.2 Å². The van der Waals surface area contributed by atoms with Crippen molar-refractivity contribution in [3.05, 3.63) is 40.1 Å². The van der Waals surface area contributed by atoms with E-state index in [4.69, 9.17) is 4.74 Å². The van der Waals surface area contributed by atoms with Crippen LogP contribution in [0.3, 0.4) is 0 Å². The fourth-order valence-electron chi connectivity index (χ4n) is 2.46. The Morgan fingerprint density at radius 3 is 2.83 bits per heavy atom. The predicted octanol–water partition coefficient (Wildman–Crippen LogP) is 2.37. The van der Waals surface area contributed by atoms with Crippen LogP contribution >= 0.6 is 0 Å². The molecule has 23 heavy (non-hydrogen) atoms. The van der Waals surface area contributed by atoms with Crippen molar-refractivity contribution in [1.29, 1.82) is 0 Å². The lowest BCUT2D eigenvalue weighted by atomic mass is 10.2. The lowest BCUT2D eigenvalue weighted by Crippen LogP contribution is -2.33. The molecule has 1 aliphatic rings. The molecular weight excluding hydrogens is 298 g/mol. The van der Waals surface area contributed by atoms with Crippen molar-refractivity contribution < 1.29 is 14.5 Å². The zero-order chi connectivity index (χ0) is 16.7. The molecule has 0 aromatic heterocycles. The SMILES string of the molecule is CCOc1cc(/C=C/[N+](=O)[O-])ccc1NCC(=O)N1CCCC1. The molecule has 0 aliphatic carbocycles. The zero-order valence-electron chi connectivity index (χ0n) is 13.2. The Balaban J connectivity index is 2.04. The van der Waals surface area contributed by atoms with Crippen molar-refractivity contribution >= 4 is 17.7 Å². The molecule has 0 radical (unpaired) electrons. The van der Waals surface area contributed by atoms with E-state index in [1.807, 2.05) is 11.8 Å². The minimum absolute atomic E-state index is 0.0715. The number of hydrogen-bond acceptors (Lipinski definition) is 5. The summed E-state index contributed by atoms with van der Waals surface area (Å²) in [6.07, 6.45) is 4.41. The summed E-state index contributed by atoms with van der Waals surface area (Å²) in [4.78, 5) is 23.8. The highest BCUT2D eigenvalue weighted by Crippen LogP contribution is 2.26. The summed E-state index contributed by atoms with van der Waals surface area (Å²) < 4.78 is 5.55. The summed E-state index contributed by atoms with van der Waals surface area (Å²) in [5.41, 5.74) is 1.37. The van der Waals surface area contributed by atoms with Gasteiger partial charge in [0.25, 0.3) is 0 Å². The fourth-order valence-corrected chi connectivity index (χ4v) is 2.46. The molecule has 1 amide bonds. The van der Waals surface area contributed by atoms with Crippen molar-refractivity contribution in [2.24, 2.45) is 0 Å². The minimum atomic E-state index is -0.513. The first-order valence-corrected chi connectivity index (χ1v) is 7.70. The zero-order valence-corrected chi connectivity index (χ0v) is 13.2. The van der Waals surface area contributed by atoms with Crippen LogP contribution in [0.1, 0.15) is 25.3 Å². The highest BCUT2D eigenvalue weighted by molar-refractivity contribution is 5.81. The molecular formula is C16H21N3O4. The third-order valence-electron chi connectivity index (χ3n) is 3.58. The number of nitrogens with one attached hydrogen (secondary N) is 1. The molecule has 1 heterocycles. The van der Waals surface area contributed by atoms with Crippen LogP contribution in [0.4, 0.5) is 5.69 Å². The van der Waals surface area contributed by atoms with Gasteiger partial charge in [-0.25, -0.2) is 0 Å². The van der Waals surface area contributed by atoms with Crippen LogP contribution in [-0.2, 0) is 4.79 Å². The van der Waals surface area contributed by atoms with E-state index in [-0.39, 0.29) is 12.5 Å². The number of likely N-dealkylation sites (tertiary alicyclic amines) is 1. The number of rotatable bonds is 7. The molecule has 1 saturated heterocycles. The van der Waals surface area contributed by atoms with Crippen LogP contribution in [0.15, 0.2) is 24.4 Å². The first-order chi connectivity index (χ1) is 11.1. The number of anilines is 1. The lowest BCUT2D eigenvalue weighted by molar-refractivity contribution is -0.400. The summed E-state index contributed by atoms with van der Waals surface area (Å²) in [5, 5.41) is 13.5. The summed E-state index contributed by atoms with van der Waals surface area (Å²) in [6, 6.07) is 5.22. The molecule has 0 spiro atoms. The van der Waals surface area contributed by atoms with Crippen molar-refractivity contribution in [2.75, 3.05) is 31.6 Å². The summed E-state index contributed by atoms with van der Waals surface area (Å²) in [7, 11) is 0. The number of nitro groups is 1. The van der Waals surface area contributed by atoms with Crippen molar-refractivity contribution in [3.63, 3.8) is 0 Å². The van der Waals surface area contributed by atoms with E-state index in [0.717, 1.165) is 32.1 Å². The maximum atomic E-state index is 12.1. The summed E-state index contributed by atoms with van der Waals surface area (Å²) >= 11 is 0. The van der Waals surface area contributed by atoms with Gasteiger partial charge in [0.05, 0.1) is 23.8 Å². The van der Waals surface area contributed by atoms with Crippen molar-refractivity contribution in [1.82, 2.24) is 4.90 Å². The maximum absolute atomic E-state index is 12.1. The summed E-state index contributed by atoms with van der Waals surface area (Å²) in [5.74, 6) is 0.648. The number of hydrogen-bond donors (Lipinski definition) is 1. The highest BCUT2D eigenvalue weighted by Gasteiger charge is 2.17. The van der Waals surface area contributed by atoms with Gasteiger partial charge in [-0.2, -0.15) is 0 Å². The molecule has 1 aliphatic heterocycles. The van der Waals surface area contributed by atoms with Crippen LogP contribution < -0.4 is 10.1 Å². The molecule has 0 unspecified atom stereocenters. The molecule has 1 aromatic carbocycles. The highest BCUT2D eigenvalue weighted by atomic mass is 16.6. The number of nitrogens with zero attached hydrogens (tertiary/aromatic N) is 2. The topological polar surface area (TPSA) is 84.7 Å². The molecule has 0 atom stereocenters. The normalized spacial score (nSPS) is 14.2. The predicted molar refractivity (Wildman–Crippen MR) is 87.9 cm³/mol. The van der Waals surface area contributed by atoms with E-state index in [2.05, 4.69) is 5.32 Å². The third-order valence-corrected chi connectivity index (χ3v) is 3.58. The Morgan fingerprint density at radius 2 is 2.17 bits per heavy atom. The van der Waals surface area contributed by atoms with Gasteiger partial charge < -0.3 is 15.0 Å². The standard InChI is InChI=1S/C16H21N3O4/c1-2-23-15-11-13(7-10-19(21)22)5-6-14(15)17-12-16(20)18-8-3-4-9-18/h5-7,10-11,17H,2-4,8-9,12H2,1H3/b10-7+. The largest absolute Gasteiger partial charge is 0.492 e. The molecule has 0 bridgehead atoms. The van der Waals surface area contributed by atoms with E-state index >= 15 is 0 Å². The van der Waals surface area contributed by atoms with E-state index in [9.17, 15) is 14.9 Å². The Morgan fingerprint density at radius 1 is 1.43 bits per heavy atom. The lowest BCUT2D eigenvalue weighted by Gasteiger charge is -2.17. The molecule has 7 nitrogen and oxygen atoms in total. The molecule has 1 aromatic rings. The second-order valence-electron chi connectivity index (χ2n) is 5.23.